The third-order valence-corrected chi connectivity index (χ3v) is 5.02. The molecule has 0 atom stereocenters. The Morgan fingerprint density at radius 1 is 1.14 bits per heavy atom. The summed E-state index contributed by atoms with van der Waals surface area (Å²) in [5, 5.41) is 6.98. The first-order valence-corrected chi connectivity index (χ1v) is 8.38. The van der Waals surface area contributed by atoms with Gasteiger partial charge in [0.1, 0.15) is 0 Å². The predicted molar refractivity (Wildman–Crippen MR) is 88.9 cm³/mol. The summed E-state index contributed by atoms with van der Waals surface area (Å²) in [5.41, 5.74) is 3.25. The van der Waals surface area contributed by atoms with E-state index in [0.717, 1.165) is 32.0 Å². The fraction of sp³-hybridized carbons (Fsp3) is 0.611. The van der Waals surface area contributed by atoms with Crippen molar-refractivity contribution in [2.75, 3.05) is 19.6 Å². The summed E-state index contributed by atoms with van der Waals surface area (Å²) in [6, 6.07) is 8.92. The van der Waals surface area contributed by atoms with Crippen LogP contribution in [0, 0.1) is 6.92 Å². The molecule has 1 aromatic carbocycles. The number of benzene rings is 1. The van der Waals surface area contributed by atoms with Crippen LogP contribution in [0.1, 0.15) is 49.7 Å². The topological polar surface area (TPSA) is 36.4 Å². The molecule has 1 aromatic rings. The van der Waals surface area contributed by atoms with E-state index in [9.17, 15) is 0 Å². The molecule has 1 heterocycles. The zero-order valence-corrected chi connectivity index (χ0v) is 13.1. The Morgan fingerprint density at radius 2 is 1.95 bits per heavy atom. The van der Waals surface area contributed by atoms with Crippen LogP contribution in [-0.2, 0) is 5.41 Å². The van der Waals surface area contributed by atoms with Crippen LogP contribution in [0.25, 0.3) is 0 Å². The second kappa shape index (κ2) is 6.50. The molecule has 2 N–H and O–H groups in total. The third kappa shape index (κ3) is 3.22. The largest absolute Gasteiger partial charge is 0.356 e. The Morgan fingerprint density at radius 3 is 2.67 bits per heavy atom. The Bertz CT molecular complexity index is 501. The molecule has 0 unspecified atom stereocenters. The number of nitrogens with zero attached hydrogens (tertiary/aromatic N) is 1. The molecule has 21 heavy (non-hydrogen) atoms. The van der Waals surface area contributed by atoms with Gasteiger partial charge in [0.05, 0.1) is 0 Å². The first-order chi connectivity index (χ1) is 10.3. The summed E-state index contributed by atoms with van der Waals surface area (Å²) in [6.45, 7) is 5.25. The highest BCUT2D eigenvalue weighted by atomic mass is 15.2. The molecule has 3 rings (SSSR count). The molecular weight excluding hydrogens is 258 g/mol. The molecule has 0 bridgehead atoms. The van der Waals surface area contributed by atoms with Crippen LogP contribution in [0.5, 0.6) is 0 Å². The maximum atomic E-state index is 4.56. The van der Waals surface area contributed by atoms with Crippen LogP contribution < -0.4 is 10.6 Å². The van der Waals surface area contributed by atoms with Crippen molar-refractivity contribution >= 4 is 5.96 Å². The van der Waals surface area contributed by atoms with E-state index in [2.05, 4.69) is 46.8 Å². The SMILES string of the molecule is Cc1ccccc1C1(CNC2=NCCCN2)CCCCC1. The first-order valence-electron chi connectivity index (χ1n) is 8.38. The van der Waals surface area contributed by atoms with Crippen LogP contribution in [0.2, 0.25) is 0 Å². The van der Waals surface area contributed by atoms with Crippen molar-refractivity contribution < 1.29 is 0 Å². The molecular formula is C18H27N3. The number of hydrogen-bond donors (Lipinski definition) is 2. The molecule has 114 valence electrons. The molecule has 1 saturated carbocycles. The molecule has 3 nitrogen and oxygen atoms in total. The van der Waals surface area contributed by atoms with Crippen LogP contribution in [0.3, 0.4) is 0 Å². The van der Waals surface area contributed by atoms with Crippen molar-refractivity contribution in [1.82, 2.24) is 10.6 Å². The van der Waals surface area contributed by atoms with Crippen LogP contribution >= 0.6 is 0 Å². The molecule has 0 radical (unpaired) electrons. The van der Waals surface area contributed by atoms with Gasteiger partial charge >= 0.3 is 0 Å². The van der Waals surface area contributed by atoms with E-state index in [-0.39, 0.29) is 5.41 Å². The van der Waals surface area contributed by atoms with E-state index in [1.54, 1.807) is 0 Å². The minimum absolute atomic E-state index is 0.283. The minimum Gasteiger partial charge on any atom is -0.356 e. The van der Waals surface area contributed by atoms with E-state index in [1.165, 1.54) is 43.2 Å². The summed E-state index contributed by atoms with van der Waals surface area (Å²) in [4.78, 5) is 4.56. The number of nitrogens with one attached hydrogen (secondary N) is 2. The molecule has 0 amide bonds. The van der Waals surface area contributed by atoms with Crippen LogP contribution in [-0.4, -0.2) is 25.6 Å². The van der Waals surface area contributed by atoms with Crippen molar-refractivity contribution in [1.29, 1.82) is 0 Å². The van der Waals surface area contributed by atoms with Gasteiger partial charge in [0.2, 0.25) is 0 Å². The van der Waals surface area contributed by atoms with E-state index in [1.807, 2.05) is 0 Å². The van der Waals surface area contributed by atoms with Gasteiger partial charge in [-0.25, -0.2) is 0 Å². The highest BCUT2D eigenvalue weighted by molar-refractivity contribution is 5.80. The summed E-state index contributed by atoms with van der Waals surface area (Å²) in [7, 11) is 0. The van der Waals surface area contributed by atoms with Crippen LogP contribution in [0.4, 0.5) is 0 Å². The van der Waals surface area contributed by atoms with E-state index in [4.69, 9.17) is 0 Å². The second-order valence-electron chi connectivity index (χ2n) is 6.52. The van der Waals surface area contributed by atoms with Gasteiger partial charge in [-0.05, 0) is 37.3 Å². The van der Waals surface area contributed by atoms with Crippen molar-refractivity contribution in [3.63, 3.8) is 0 Å². The van der Waals surface area contributed by atoms with Gasteiger partial charge < -0.3 is 10.6 Å². The fourth-order valence-corrected chi connectivity index (χ4v) is 3.84. The normalized spacial score (nSPS) is 21.3. The first kappa shape index (κ1) is 14.4. The highest BCUT2D eigenvalue weighted by Crippen LogP contribution is 2.40. The van der Waals surface area contributed by atoms with E-state index in [0.29, 0.717) is 0 Å². The maximum absolute atomic E-state index is 4.56. The number of aryl methyl sites for hydroxylation is 1. The Kier molecular flexibility index (Phi) is 4.47. The number of hydrogen-bond acceptors (Lipinski definition) is 3. The molecule has 1 aliphatic carbocycles. The van der Waals surface area contributed by atoms with Crippen LogP contribution in [0.15, 0.2) is 29.3 Å². The molecule has 1 fully saturated rings. The Hall–Kier alpha value is -1.51. The van der Waals surface area contributed by atoms with Gasteiger partial charge in [-0.1, -0.05) is 43.5 Å². The molecule has 2 aliphatic rings. The standard InChI is InChI=1S/C18H27N3/c1-15-8-3-4-9-16(15)18(10-5-2-6-11-18)14-21-17-19-12-7-13-20-17/h3-4,8-9H,2,5-7,10-14H2,1H3,(H2,19,20,21). The van der Waals surface area contributed by atoms with Gasteiger partial charge in [0.15, 0.2) is 5.96 Å². The summed E-state index contributed by atoms with van der Waals surface area (Å²) >= 11 is 0. The monoisotopic (exact) mass is 285 g/mol. The Balaban J connectivity index is 1.80. The van der Waals surface area contributed by atoms with E-state index >= 15 is 0 Å². The number of guanidine groups is 1. The maximum Gasteiger partial charge on any atom is 0.191 e. The molecule has 1 aliphatic heterocycles. The fourth-order valence-electron chi connectivity index (χ4n) is 3.84. The van der Waals surface area contributed by atoms with Crippen molar-refractivity contribution in [3.8, 4) is 0 Å². The predicted octanol–water partition coefficient (Wildman–Crippen LogP) is 3.14. The molecule has 0 saturated heterocycles. The van der Waals surface area contributed by atoms with Crippen molar-refractivity contribution in [3.05, 3.63) is 35.4 Å². The highest BCUT2D eigenvalue weighted by Gasteiger charge is 2.35. The lowest BCUT2D eigenvalue weighted by Crippen LogP contribution is -2.48. The van der Waals surface area contributed by atoms with Crippen molar-refractivity contribution in [2.24, 2.45) is 4.99 Å². The average Bonchev–Trinajstić information content (AvgIpc) is 2.55. The average molecular weight is 285 g/mol. The van der Waals surface area contributed by atoms with Gasteiger partial charge in [-0.2, -0.15) is 0 Å². The third-order valence-electron chi connectivity index (χ3n) is 5.02. The molecule has 0 spiro atoms. The summed E-state index contributed by atoms with van der Waals surface area (Å²) in [5.74, 6) is 1.000. The lowest BCUT2D eigenvalue weighted by Gasteiger charge is -2.39. The zero-order valence-electron chi connectivity index (χ0n) is 13.1. The molecule has 3 heteroatoms. The summed E-state index contributed by atoms with van der Waals surface area (Å²) in [6.07, 6.45) is 7.79. The Labute approximate surface area is 128 Å². The van der Waals surface area contributed by atoms with Gasteiger partial charge in [0.25, 0.3) is 0 Å². The second-order valence-corrected chi connectivity index (χ2v) is 6.52. The lowest BCUT2D eigenvalue weighted by atomic mass is 9.68. The van der Waals surface area contributed by atoms with E-state index < -0.39 is 0 Å². The van der Waals surface area contributed by atoms with Gasteiger partial charge in [-0.15, -0.1) is 0 Å². The molecule has 0 aromatic heterocycles. The zero-order chi connectivity index (χ0) is 14.5. The van der Waals surface area contributed by atoms with Gasteiger partial charge in [-0.3, -0.25) is 4.99 Å². The van der Waals surface area contributed by atoms with Gasteiger partial charge in [0, 0.05) is 25.0 Å². The number of aliphatic imine (C=N–C) groups is 1. The van der Waals surface area contributed by atoms with Crippen molar-refractivity contribution in [2.45, 2.75) is 50.9 Å². The lowest BCUT2D eigenvalue weighted by molar-refractivity contribution is 0.290. The quantitative estimate of drug-likeness (QED) is 0.895. The minimum atomic E-state index is 0.283. The summed E-state index contributed by atoms with van der Waals surface area (Å²) < 4.78 is 0. The number of rotatable bonds is 3. The smallest absolute Gasteiger partial charge is 0.191 e.